The van der Waals surface area contributed by atoms with E-state index in [0.717, 1.165) is 17.2 Å². The average Bonchev–Trinajstić information content (AvgIpc) is 3.02. The van der Waals surface area contributed by atoms with Crippen molar-refractivity contribution >= 4 is 28.3 Å². The highest BCUT2D eigenvalue weighted by molar-refractivity contribution is 6.34. The Labute approximate surface area is 139 Å². The van der Waals surface area contributed by atoms with E-state index in [2.05, 4.69) is 10.3 Å². The molecule has 5 nitrogen and oxygen atoms in total. The third kappa shape index (κ3) is 3.47. The first-order chi connectivity index (χ1) is 11.1. The molecular weight excluding hydrogens is 316 g/mol. The largest absolute Gasteiger partial charge is 0.396 e. The molecule has 0 aliphatic carbocycles. The summed E-state index contributed by atoms with van der Waals surface area (Å²) >= 11 is 6.17. The van der Waals surface area contributed by atoms with Gasteiger partial charge in [0.2, 0.25) is 0 Å². The van der Waals surface area contributed by atoms with Gasteiger partial charge in [-0.05, 0) is 24.3 Å². The number of aliphatic hydroxyl groups excluding tert-OH is 1. The Bertz CT molecular complexity index is 714. The number of nitrogens with zero attached hydrogens (tertiary/aromatic N) is 1. The normalized spacial score (nSPS) is 20.8. The lowest BCUT2D eigenvalue weighted by atomic mass is 9.84. The van der Waals surface area contributed by atoms with Gasteiger partial charge in [0, 0.05) is 30.6 Å². The van der Waals surface area contributed by atoms with Crippen LogP contribution in [-0.2, 0) is 4.74 Å². The Morgan fingerprint density at radius 1 is 1.43 bits per heavy atom. The molecule has 1 saturated heterocycles. The molecule has 1 aliphatic rings. The molecule has 0 saturated carbocycles. The Morgan fingerprint density at radius 3 is 3.00 bits per heavy atom. The molecule has 1 aromatic heterocycles. The molecule has 3 rings (SSSR count). The standard InChI is InChI=1S/C17H19ClN2O3/c18-15-13-4-2-1-3-12(13)9-14(20-15)16(22)19-10-17(5-7-21)6-8-23-11-17/h1-4,9,21H,5-8,10-11H2,(H,19,22). The molecule has 6 heteroatoms. The predicted molar refractivity (Wildman–Crippen MR) is 88.7 cm³/mol. The number of nitrogens with one attached hydrogen (secondary N) is 1. The van der Waals surface area contributed by atoms with Crippen LogP contribution in [0, 0.1) is 5.41 Å². The zero-order valence-corrected chi connectivity index (χ0v) is 13.5. The average molecular weight is 335 g/mol. The number of hydrogen-bond acceptors (Lipinski definition) is 4. The van der Waals surface area contributed by atoms with Crippen molar-refractivity contribution in [2.24, 2.45) is 5.41 Å². The van der Waals surface area contributed by atoms with E-state index in [1.165, 1.54) is 0 Å². The molecule has 1 unspecified atom stereocenters. The number of aromatic nitrogens is 1. The van der Waals surface area contributed by atoms with E-state index in [9.17, 15) is 9.90 Å². The van der Waals surface area contributed by atoms with Gasteiger partial charge in [-0.1, -0.05) is 35.9 Å². The van der Waals surface area contributed by atoms with Crippen LogP contribution in [0.2, 0.25) is 5.15 Å². The molecule has 2 aromatic rings. The minimum atomic E-state index is -0.262. The van der Waals surface area contributed by atoms with Crippen LogP contribution in [0.4, 0.5) is 0 Å². The van der Waals surface area contributed by atoms with Gasteiger partial charge in [0.05, 0.1) is 6.61 Å². The quantitative estimate of drug-likeness (QED) is 0.824. The summed E-state index contributed by atoms with van der Waals surface area (Å²) in [6.45, 7) is 1.76. The summed E-state index contributed by atoms with van der Waals surface area (Å²) in [6, 6.07) is 9.29. The van der Waals surface area contributed by atoms with E-state index in [1.807, 2.05) is 24.3 Å². The number of benzene rings is 1. The molecule has 0 bridgehead atoms. The van der Waals surface area contributed by atoms with Crippen molar-refractivity contribution < 1.29 is 14.6 Å². The van der Waals surface area contributed by atoms with Crippen LogP contribution in [0.3, 0.4) is 0 Å². The molecule has 1 atom stereocenters. The van der Waals surface area contributed by atoms with Gasteiger partial charge in [-0.2, -0.15) is 0 Å². The van der Waals surface area contributed by atoms with Gasteiger partial charge < -0.3 is 15.2 Å². The van der Waals surface area contributed by atoms with Gasteiger partial charge in [0.1, 0.15) is 10.8 Å². The monoisotopic (exact) mass is 334 g/mol. The topological polar surface area (TPSA) is 71.5 Å². The second-order valence-electron chi connectivity index (χ2n) is 5.98. The number of carbonyl (C=O) groups excluding carboxylic acids is 1. The maximum Gasteiger partial charge on any atom is 0.269 e. The number of rotatable bonds is 5. The molecule has 2 heterocycles. The van der Waals surface area contributed by atoms with Gasteiger partial charge >= 0.3 is 0 Å². The molecule has 1 fully saturated rings. The molecule has 122 valence electrons. The van der Waals surface area contributed by atoms with E-state index in [0.29, 0.717) is 37.0 Å². The summed E-state index contributed by atoms with van der Waals surface area (Å²) in [4.78, 5) is 16.6. The highest BCUT2D eigenvalue weighted by Crippen LogP contribution is 2.31. The zero-order valence-electron chi connectivity index (χ0n) is 12.7. The fourth-order valence-electron chi connectivity index (χ4n) is 2.94. The van der Waals surface area contributed by atoms with E-state index in [4.69, 9.17) is 16.3 Å². The first-order valence-corrected chi connectivity index (χ1v) is 8.03. The molecule has 1 aromatic carbocycles. The van der Waals surface area contributed by atoms with E-state index in [1.54, 1.807) is 6.07 Å². The number of ether oxygens (including phenoxy) is 1. The third-order valence-electron chi connectivity index (χ3n) is 4.38. The second kappa shape index (κ2) is 6.83. The van der Waals surface area contributed by atoms with Crippen LogP contribution >= 0.6 is 11.6 Å². The van der Waals surface area contributed by atoms with Crippen LogP contribution < -0.4 is 5.32 Å². The maximum atomic E-state index is 12.4. The van der Waals surface area contributed by atoms with Gasteiger partial charge in [0.15, 0.2) is 0 Å². The summed E-state index contributed by atoms with van der Waals surface area (Å²) in [5.74, 6) is -0.262. The van der Waals surface area contributed by atoms with Crippen molar-refractivity contribution in [3.8, 4) is 0 Å². The van der Waals surface area contributed by atoms with Crippen LogP contribution in [0.5, 0.6) is 0 Å². The van der Waals surface area contributed by atoms with Gasteiger partial charge in [-0.15, -0.1) is 0 Å². The van der Waals surface area contributed by atoms with Crippen molar-refractivity contribution in [2.45, 2.75) is 12.8 Å². The summed E-state index contributed by atoms with van der Waals surface area (Å²) in [5.41, 5.74) is 0.108. The van der Waals surface area contributed by atoms with Crippen LogP contribution in [0.15, 0.2) is 30.3 Å². The number of fused-ring (bicyclic) bond motifs is 1. The Kier molecular flexibility index (Phi) is 4.80. The van der Waals surface area contributed by atoms with Crippen LogP contribution in [0.25, 0.3) is 10.8 Å². The number of pyridine rings is 1. The molecule has 1 aliphatic heterocycles. The zero-order chi connectivity index (χ0) is 16.3. The number of hydrogen-bond donors (Lipinski definition) is 2. The minimum Gasteiger partial charge on any atom is -0.396 e. The summed E-state index contributed by atoms with van der Waals surface area (Å²) in [5, 5.41) is 14.2. The molecular formula is C17H19ClN2O3. The Hall–Kier alpha value is -1.69. The fraction of sp³-hybridized carbons (Fsp3) is 0.412. The lowest BCUT2D eigenvalue weighted by Crippen LogP contribution is -2.39. The summed E-state index contributed by atoms with van der Waals surface area (Å²) in [6.07, 6.45) is 1.44. The lowest BCUT2D eigenvalue weighted by Gasteiger charge is -2.26. The minimum absolute atomic E-state index is 0.0826. The number of aliphatic hydroxyl groups is 1. The second-order valence-corrected chi connectivity index (χ2v) is 6.34. The van der Waals surface area contributed by atoms with E-state index < -0.39 is 0 Å². The number of carbonyl (C=O) groups is 1. The van der Waals surface area contributed by atoms with Crippen LogP contribution in [0.1, 0.15) is 23.3 Å². The van der Waals surface area contributed by atoms with E-state index in [-0.39, 0.29) is 17.9 Å². The van der Waals surface area contributed by atoms with Crippen molar-refractivity contribution in [3.63, 3.8) is 0 Å². The SMILES string of the molecule is O=C(NCC1(CCO)CCOC1)c1cc2ccccc2c(Cl)n1. The van der Waals surface area contributed by atoms with Crippen molar-refractivity contribution in [3.05, 3.63) is 41.2 Å². The van der Waals surface area contributed by atoms with Crippen molar-refractivity contribution in [1.29, 1.82) is 0 Å². The highest BCUT2D eigenvalue weighted by Gasteiger charge is 2.34. The molecule has 0 spiro atoms. The first kappa shape index (κ1) is 16.2. The predicted octanol–water partition coefficient (Wildman–Crippen LogP) is 2.41. The summed E-state index contributed by atoms with van der Waals surface area (Å²) in [7, 11) is 0. The van der Waals surface area contributed by atoms with Crippen LogP contribution in [-0.4, -0.2) is 42.4 Å². The molecule has 2 N–H and O–H groups in total. The van der Waals surface area contributed by atoms with Gasteiger partial charge in [-0.25, -0.2) is 4.98 Å². The lowest BCUT2D eigenvalue weighted by molar-refractivity contribution is 0.0885. The van der Waals surface area contributed by atoms with Gasteiger partial charge in [-0.3, -0.25) is 4.79 Å². The Balaban J connectivity index is 1.75. The number of halogens is 1. The Morgan fingerprint density at radius 2 is 2.26 bits per heavy atom. The third-order valence-corrected chi connectivity index (χ3v) is 4.67. The molecule has 23 heavy (non-hydrogen) atoms. The maximum absolute atomic E-state index is 12.4. The van der Waals surface area contributed by atoms with Crippen molar-refractivity contribution in [2.75, 3.05) is 26.4 Å². The smallest absolute Gasteiger partial charge is 0.269 e. The highest BCUT2D eigenvalue weighted by atomic mass is 35.5. The van der Waals surface area contributed by atoms with Crippen molar-refractivity contribution in [1.82, 2.24) is 10.3 Å². The summed E-state index contributed by atoms with van der Waals surface area (Å²) < 4.78 is 5.43. The molecule has 1 amide bonds. The van der Waals surface area contributed by atoms with Gasteiger partial charge in [0.25, 0.3) is 5.91 Å². The first-order valence-electron chi connectivity index (χ1n) is 7.66. The molecule has 0 radical (unpaired) electrons. The number of amides is 1. The van der Waals surface area contributed by atoms with E-state index >= 15 is 0 Å². The fourth-order valence-corrected chi connectivity index (χ4v) is 3.21.